The summed E-state index contributed by atoms with van der Waals surface area (Å²) < 4.78 is 0.798. The van der Waals surface area contributed by atoms with Crippen molar-refractivity contribution in [3.63, 3.8) is 0 Å². The van der Waals surface area contributed by atoms with E-state index in [0.29, 0.717) is 12.5 Å². The zero-order valence-corrected chi connectivity index (χ0v) is 12.5. The number of rotatable bonds is 4. The first-order valence-corrected chi connectivity index (χ1v) is 7.55. The van der Waals surface area contributed by atoms with Gasteiger partial charge in [-0.05, 0) is 32.6 Å². The van der Waals surface area contributed by atoms with Gasteiger partial charge >= 0.3 is 0 Å². The number of aliphatic hydroxyl groups excluding tert-OH is 1. The number of hydrogen-bond donors (Lipinski definition) is 1. The van der Waals surface area contributed by atoms with Crippen molar-refractivity contribution >= 4 is 22.9 Å². The van der Waals surface area contributed by atoms with Crippen LogP contribution in [0.2, 0.25) is 4.34 Å². The minimum atomic E-state index is -0.279. The molecular weight excluding hydrogens is 268 g/mol. The fourth-order valence-corrected chi connectivity index (χ4v) is 3.61. The molecule has 102 valence electrons. The van der Waals surface area contributed by atoms with E-state index in [2.05, 4.69) is 23.9 Å². The smallest absolute Gasteiger partial charge is 0.0931 e. The zero-order chi connectivity index (χ0) is 13.1. The fraction of sp³-hybridized carbons (Fsp3) is 0.692. The van der Waals surface area contributed by atoms with Crippen LogP contribution < -0.4 is 0 Å². The van der Waals surface area contributed by atoms with E-state index < -0.39 is 0 Å². The van der Waals surface area contributed by atoms with Crippen LogP contribution in [0.15, 0.2) is 12.1 Å². The minimum Gasteiger partial charge on any atom is -0.393 e. The average molecular weight is 289 g/mol. The van der Waals surface area contributed by atoms with Crippen LogP contribution in [-0.4, -0.2) is 60.8 Å². The van der Waals surface area contributed by atoms with Gasteiger partial charge in [0.1, 0.15) is 0 Å². The molecule has 1 aliphatic heterocycles. The van der Waals surface area contributed by atoms with Gasteiger partial charge in [0.25, 0.3) is 0 Å². The Morgan fingerprint density at radius 3 is 2.89 bits per heavy atom. The molecule has 1 aromatic heterocycles. The lowest BCUT2D eigenvalue weighted by molar-refractivity contribution is 0.0642. The molecule has 0 aliphatic carbocycles. The molecule has 0 radical (unpaired) electrons. The van der Waals surface area contributed by atoms with Gasteiger partial charge in [-0.2, -0.15) is 0 Å². The molecule has 2 unspecified atom stereocenters. The first-order valence-electron chi connectivity index (χ1n) is 6.35. The van der Waals surface area contributed by atoms with Gasteiger partial charge in [0, 0.05) is 37.0 Å². The molecule has 1 aromatic rings. The Hall–Kier alpha value is -0.130. The molecule has 1 aliphatic rings. The summed E-state index contributed by atoms with van der Waals surface area (Å²) in [7, 11) is 4.29. The van der Waals surface area contributed by atoms with E-state index in [-0.39, 0.29) is 6.10 Å². The Labute approximate surface area is 118 Å². The second-order valence-corrected chi connectivity index (χ2v) is 7.00. The summed E-state index contributed by atoms with van der Waals surface area (Å²) in [4.78, 5) is 5.85. The van der Waals surface area contributed by atoms with Gasteiger partial charge in [-0.3, -0.25) is 0 Å². The fourth-order valence-electron chi connectivity index (χ4n) is 2.45. The maximum absolute atomic E-state index is 10.2. The van der Waals surface area contributed by atoms with Crippen molar-refractivity contribution in [2.24, 2.45) is 0 Å². The molecule has 2 heterocycles. The molecule has 3 nitrogen and oxygen atoms in total. The number of thiophene rings is 1. The molecule has 18 heavy (non-hydrogen) atoms. The van der Waals surface area contributed by atoms with E-state index >= 15 is 0 Å². The summed E-state index contributed by atoms with van der Waals surface area (Å²) >= 11 is 7.46. The van der Waals surface area contributed by atoms with Crippen LogP contribution in [0, 0.1) is 0 Å². The Balaban J connectivity index is 1.84. The summed E-state index contributed by atoms with van der Waals surface area (Å²) in [5.41, 5.74) is 0. The highest BCUT2D eigenvalue weighted by molar-refractivity contribution is 7.16. The van der Waals surface area contributed by atoms with E-state index in [9.17, 15) is 5.11 Å². The van der Waals surface area contributed by atoms with E-state index in [4.69, 9.17) is 11.6 Å². The van der Waals surface area contributed by atoms with Crippen molar-refractivity contribution in [1.82, 2.24) is 9.80 Å². The van der Waals surface area contributed by atoms with Crippen LogP contribution in [0.4, 0.5) is 0 Å². The van der Waals surface area contributed by atoms with Crippen molar-refractivity contribution < 1.29 is 5.11 Å². The molecule has 0 spiro atoms. The second kappa shape index (κ2) is 6.35. The number of piperazine rings is 1. The topological polar surface area (TPSA) is 26.7 Å². The molecular formula is C13H21ClN2OS. The minimum absolute atomic E-state index is 0.279. The largest absolute Gasteiger partial charge is 0.393 e. The number of halogens is 1. The molecule has 1 saturated heterocycles. The standard InChI is InChI=1S/C13H21ClN2OS/c1-15-5-6-16(2)10(9-15)7-11(17)8-12-3-4-13(14)18-12/h3-4,10-11,17H,5-9H2,1-2H3. The van der Waals surface area contributed by atoms with E-state index in [0.717, 1.165) is 30.4 Å². The van der Waals surface area contributed by atoms with E-state index in [1.807, 2.05) is 12.1 Å². The van der Waals surface area contributed by atoms with Crippen molar-refractivity contribution in [2.75, 3.05) is 33.7 Å². The second-order valence-electron chi connectivity index (χ2n) is 5.20. The lowest BCUT2D eigenvalue weighted by atomic mass is 10.0. The highest BCUT2D eigenvalue weighted by Crippen LogP contribution is 2.24. The highest BCUT2D eigenvalue weighted by Gasteiger charge is 2.24. The predicted octanol–water partition coefficient (Wildman–Crippen LogP) is 1.94. The van der Waals surface area contributed by atoms with Crippen LogP contribution in [0.3, 0.4) is 0 Å². The molecule has 0 saturated carbocycles. The first-order chi connectivity index (χ1) is 8.54. The monoisotopic (exact) mass is 288 g/mol. The summed E-state index contributed by atoms with van der Waals surface area (Å²) in [5.74, 6) is 0. The highest BCUT2D eigenvalue weighted by atomic mass is 35.5. The summed E-state index contributed by atoms with van der Waals surface area (Å²) in [5, 5.41) is 10.2. The normalized spacial score (nSPS) is 24.3. The van der Waals surface area contributed by atoms with Crippen LogP contribution in [0.25, 0.3) is 0 Å². The third-order valence-electron chi connectivity index (χ3n) is 3.59. The Kier molecular flexibility index (Phi) is 5.04. The van der Waals surface area contributed by atoms with Crippen molar-refractivity contribution in [3.05, 3.63) is 21.3 Å². The van der Waals surface area contributed by atoms with Crippen molar-refractivity contribution in [2.45, 2.75) is 25.0 Å². The molecule has 5 heteroatoms. The SMILES string of the molecule is CN1CCN(C)C(CC(O)Cc2ccc(Cl)s2)C1. The lowest BCUT2D eigenvalue weighted by Crippen LogP contribution is -2.51. The maximum Gasteiger partial charge on any atom is 0.0931 e. The lowest BCUT2D eigenvalue weighted by Gasteiger charge is -2.38. The van der Waals surface area contributed by atoms with Crippen LogP contribution in [0.5, 0.6) is 0 Å². The van der Waals surface area contributed by atoms with Gasteiger partial charge < -0.3 is 14.9 Å². The van der Waals surface area contributed by atoms with Crippen LogP contribution in [-0.2, 0) is 6.42 Å². The quantitative estimate of drug-likeness (QED) is 0.917. The Morgan fingerprint density at radius 1 is 1.44 bits per heavy atom. The maximum atomic E-state index is 10.2. The van der Waals surface area contributed by atoms with Gasteiger partial charge in [-0.25, -0.2) is 0 Å². The van der Waals surface area contributed by atoms with Crippen molar-refractivity contribution in [1.29, 1.82) is 0 Å². The van der Waals surface area contributed by atoms with Gasteiger partial charge in [0.05, 0.1) is 10.4 Å². The van der Waals surface area contributed by atoms with E-state index in [1.165, 1.54) is 4.88 Å². The number of likely N-dealkylation sites (N-methyl/N-ethyl adjacent to an activating group) is 2. The van der Waals surface area contributed by atoms with Gasteiger partial charge in [-0.15, -0.1) is 11.3 Å². The van der Waals surface area contributed by atoms with Crippen molar-refractivity contribution in [3.8, 4) is 0 Å². The molecule has 2 rings (SSSR count). The third-order valence-corrected chi connectivity index (χ3v) is 4.84. The first kappa shape index (κ1) is 14.3. The molecule has 2 atom stereocenters. The average Bonchev–Trinajstić information content (AvgIpc) is 2.69. The number of aliphatic hydroxyl groups is 1. The van der Waals surface area contributed by atoms with Crippen LogP contribution >= 0.6 is 22.9 Å². The molecule has 0 bridgehead atoms. The Morgan fingerprint density at radius 2 is 2.22 bits per heavy atom. The number of hydrogen-bond acceptors (Lipinski definition) is 4. The summed E-state index contributed by atoms with van der Waals surface area (Å²) in [6.07, 6.45) is 1.26. The van der Waals surface area contributed by atoms with Gasteiger partial charge in [-0.1, -0.05) is 11.6 Å². The van der Waals surface area contributed by atoms with Gasteiger partial charge in [0.15, 0.2) is 0 Å². The molecule has 0 amide bonds. The molecule has 1 N–H and O–H groups in total. The molecule has 0 aromatic carbocycles. The molecule has 1 fully saturated rings. The van der Waals surface area contributed by atoms with Gasteiger partial charge in [0.2, 0.25) is 0 Å². The van der Waals surface area contributed by atoms with Crippen LogP contribution in [0.1, 0.15) is 11.3 Å². The predicted molar refractivity (Wildman–Crippen MR) is 77.6 cm³/mol. The third kappa shape index (κ3) is 3.93. The Bertz CT molecular complexity index is 385. The van der Waals surface area contributed by atoms with E-state index in [1.54, 1.807) is 11.3 Å². The number of nitrogens with zero attached hydrogens (tertiary/aromatic N) is 2. The summed E-state index contributed by atoms with van der Waals surface area (Å²) in [6, 6.07) is 4.36. The summed E-state index contributed by atoms with van der Waals surface area (Å²) in [6.45, 7) is 3.24. The zero-order valence-electron chi connectivity index (χ0n) is 11.0.